The van der Waals surface area contributed by atoms with Gasteiger partial charge in [0, 0.05) is 0 Å². The summed E-state index contributed by atoms with van der Waals surface area (Å²) in [6.07, 6.45) is 0. The zero-order valence-corrected chi connectivity index (χ0v) is 14.1. The normalized spacial score (nSPS) is 10.4. The molecule has 0 aliphatic rings. The zero-order chi connectivity index (χ0) is 18.7. The molecular weight excluding hydrogens is 338 g/mol. The Morgan fingerprint density at radius 1 is 1.04 bits per heavy atom. The second-order valence-electron chi connectivity index (χ2n) is 5.34. The van der Waals surface area contributed by atoms with E-state index in [0.29, 0.717) is 16.5 Å². The van der Waals surface area contributed by atoms with E-state index in [0.717, 1.165) is 0 Å². The Bertz CT molecular complexity index is 1050. The van der Waals surface area contributed by atoms with E-state index in [1.54, 1.807) is 36.4 Å². The molecule has 0 aliphatic carbocycles. The predicted octanol–water partition coefficient (Wildman–Crippen LogP) is 2.84. The topological polar surface area (TPSA) is 94.8 Å². The van der Waals surface area contributed by atoms with Crippen LogP contribution in [0.15, 0.2) is 57.7 Å². The molecule has 0 bridgehead atoms. The van der Waals surface area contributed by atoms with Crippen molar-refractivity contribution in [3.63, 3.8) is 0 Å². The second kappa shape index (κ2) is 7.10. The number of benzene rings is 2. The molecule has 3 rings (SSSR count). The van der Waals surface area contributed by atoms with E-state index in [2.05, 4.69) is 10.1 Å². The SMILES string of the molecule is COC(=O)c1ccccc1NC(=O)c1cc2cc(OC)ccc2c(=O)o1. The third-order valence-corrected chi connectivity index (χ3v) is 3.77. The number of amides is 1. The molecule has 0 saturated heterocycles. The molecule has 132 valence electrons. The van der Waals surface area contributed by atoms with Gasteiger partial charge in [0.25, 0.3) is 5.91 Å². The number of fused-ring (bicyclic) bond motifs is 1. The van der Waals surface area contributed by atoms with Crippen LogP contribution < -0.4 is 15.7 Å². The Labute approximate surface area is 148 Å². The summed E-state index contributed by atoms with van der Waals surface area (Å²) in [4.78, 5) is 36.4. The number of para-hydroxylation sites is 1. The average molecular weight is 353 g/mol. The van der Waals surface area contributed by atoms with Crippen LogP contribution in [0.3, 0.4) is 0 Å². The maximum atomic E-state index is 12.5. The molecule has 7 nitrogen and oxygen atoms in total. The van der Waals surface area contributed by atoms with Crippen LogP contribution in [0, 0.1) is 0 Å². The van der Waals surface area contributed by atoms with Crippen molar-refractivity contribution >= 4 is 28.3 Å². The molecule has 0 spiro atoms. The van der Waals surface area contributed by atoms with Gasteiger partial charge in [-0.2, -0.15) is 0 Å². The monoisotopic (exact) mass is 353 g/mol. The summed E-state index contributed by atoms with van der Waals surface area (Å²) in [5, 5.41) is 3.40. The molecule has 0 radical (unpaired) electrons. The number of rotatable bonds is 4. The lowest BCUT2D eigenvalue weighted by molar-refractivity contribution is 0.0602. The van der Waals surface area contributed by atoms with Crippen molar-refractivity contribution in [1.82, 2.24) is 0 Å². The highest BCUT2D eigenvalue weighted by atomic mass is 16.5. The molecule has 26 heavy (non-hydrogen) atoms. The third kappa shape index (κ3) is 3.27. The van der Waals surface area contributed by atoms with E-state index in [1.807, 2.05) is 0 Å². The first kappa shape index (κ1) is 17.2. The number of carbonyl (C=O) groups is 2. The van der Waals surface area contributed by atoms with Gasteiger partial charge in [-0.3, -0.25) is 4.79 Å². The van der Waals surface area contributed by atoms with Gasteiger partial charge in [-0.25, -0.2) is 9.59 Å². The smallest absolute Gasteiger partial charge is 0.344 e. The highest BCUT2D eigenvalue weighted by Crippen LogP contribution is 2.21. The maximum Gasteiger partial charge on any atom is 0.344 e. The Morgan fingerprint density at radius 3 is 2.54 bits per heavy atom. The minimum Gasteiger partial charge on any atom is -0.497 e. The summed E-state index contributed by atoms with van der Waals surface area (Å²) in [6, 6.07) is 12.6. The highest BCUT2D eigenvalue weighted by Gasteiger charge is 2.17. The van der Waals surface area contributed by atoms with Gasteiger partial charge in [0.1, 0.15) is 5.75 Å². The summed E-state index contributed by atoms with van der Waals surface area (Å²) in [7, 11) is 2.75. The van der Waals surface area contributed by atoms with Crippen molar-refractivity contribution in [2.75, 3.05) is 19.5 Å². The lowest BCUT2D eigenvalue weighted by atomic mass is 10.1. The van der Waals surface area contributed by atoms with Crippen LogP contribution in [0.2, 0.25) is 0 Å². The number of nitrogens with one attached hydrogen (secondary N) is 1. The fourth-order valence-corrected chi connectivity index (χ4v) is 2.47. The van der Waals surface area contributed by atoms with Gasteiger partial charge in [0.2, 0.25) is 0 Å². The molecule has 0 fully saturated rings. The summed E-state index contributed by atoms with van der Waals surface area (Å²) in [5.74, 6) is -0.894. The van der Waals surface area contributed by atoms with Gasteiger partial charge in [-0.05, 0) is 41.8 Å². The molecule has 7 heteroatoms. The predicted molar refractivity (Wildman–Crippen MR) is 94.8 cm³/mol. The van der Waals surface area contributed by atoms with Gasteiger partial charge < -0.3 is 19.2 Å². The molecule has 2 aromatic carbocycles. The fraction of sp³-hybridized carbons (Fsp3) is 0.105. The van der Waals surface area contributed by atoms with Crippen LogP contribution in [-0.2, 0) is 4.74 Å². The number of hydrogen-bond donors (Lipinski definition) is 1. The first-order valence-electron chi connectivity index (χ1n) is 7.64. The average Bonchev–Trinajstić information content (AvgIpc) is 2.67. The molecule has 1 amide bonds. The van der Waals surface area contributed by atoms with Gasteiger partial charge >= 0.3 is 11.6 Å². The van der Waals surface area contributed by atoms with E-state index in [9.17, 15) is 14.4 Å². The molecule has 0 aliphatic heterocycles. The van der Waals surface area contributed by atoms with Crippen LogP contribution in [0.1, 0.15) is 20.9 Å². The quantitative estimate of drug-likeness (QED) is 0.725. The second-order valence-corrected chi connectivity index (χ2v) is 5.34. The first-order valence-corrected chi connectivity index (χ1v) is 7.64. The van der Waals surface area contributed by atoms with Gasteiger partial charge in [-0.1, -0.05) is 12.1 Å². The third-order valence-electron chi connectivity index (χ3n) is 3.77. The molecule has 1 N–H and O–H groups in total. The maximum absolute atomic E-state index is 12.5. The van der Waals surface area contributed by atoms with Crippen molar-refractivity contribution < 1.29 is 23.5 Å². The Balaban J connectivity index is 1.98. The Morgan fingerprint density at radius 2 is 1.81 bits per heavy atom. The number of methoxy groups -OCH3 is 2. The number of carbonyl (C=O) groups excluding carboxylic acids is 2. The summed E-state index contributed by atoms with van der Waals surface area (Å²) >= 11 is 0. The van der Waals surface area contributed by atoms with E-state index in [-0.39, 0.29) is 17.0 Å². The lowest BCUT2D eigenvalue weighted by Crippen LogP contribution is -2.17. The van der Waals surface area contributed by atoms with Crippen molar-refractivity contribution in [2.45, 2.75) is 0 Å². The number of hydrogen-bond acceptors (Lipinski definition) is 6. The van der Waals surface area contributed by atoms with Crippen molar-refractivity contribution in [3.8, 4) is 5.75 Å². The number of anilines is 1. The summed E-state index contributed by atoms with van der Waals surface area (Å²) < 4.78 is 14.9. The van der Waals surface area contributed by atoms with E-state index < -0.39 is 17.5 Å². The first-order chi connectivity index (χ1) is 12.5. The Kier molecular flexibility index (Phi) is 4.70. The van der Waals surface area contributed by atoms with Crippen LogP contribution >= 0.6 is 0 Å². The summed E-state index contributed by atoms with van der Waals surface area (Å²) in [6.45, 7) is 0. The molecule has 0 saturated carbocycles. The van der Waals surface area contributed by atoms with E-state index in [4.69, 9.17) is 9.15 Å². The molecule has 0 unspecified atom stereocenters. The Hall–Kier alpha value is -3.61. The van der Waals surface area contributed by atoms with E-state index in [1.165, 1.54) is 26.4 Å². The molecule has 1 aromatic heterocycles. The van der Waals surface area contributed by atoms with Crippen LogP contribution in [0.4, 0.5) is 5.69 Å². The van der Waals surface area contributed by atoms with Crippen LogP contribution in [-0.4, -0.2) is 26.1 Å². The van der Waals surface area contributed by atoms with Crippen molar-refractivity contribution in [1.29, 1.82) is 0 Å². The molecule has 1 heterocycles. The largest absolute Gasteiger partial charge is 0.497 e. The van der Waals surface area contributed by atoms with E-state index >= 15 is 0 Å². The highest BCUT2D eigenvalue weighted by molar-refractivity contribution is 6.07. The molecular formula is C19H15NO6. The van der Waals surface area contributed by atoms with Crippen molar-refractivity contribution in [3.05, 3.63) is 70.3 Å². The van der Waals surface area contributed by atoms with Crippen LogP contribution in [0.5, 0.6) is 5.75 Å². The summed E-state index contributed by atoms with van der Waals surface area (Å²) in [5.41, 5.74) is -0.206. The van der Waals surface area contributed by atoms with Crippen LogP contribution in [0.25, 0.3) is 10.8 Å². The van der Waals surface area contributed by atoms with Gasteiger partial charge in [0.15, 0.2) is 5.76 Å². The lowest BCUT2D eigenvalue weighted by Gasteiger charge is -2.09. The fourth-order valence-electron chi connectivity index (χ4n) is 2.47. The van der Waals surface area contributed by atoms with Crippen molar-refractivity contribution in [2.24, 2.45) is 0 Å². The zero-order valence-electron chi connectivity index (χ0n) is 14.1. The van der Waals surface area contributed by atoms with Gasteiger partial charge in [-0.15, -0.1) is 0 Å². The minimum atomic E-state index is -0.664. The molecule has 3 aromatic rings. The van der Waals surface area contributed by atoms with Gasteiger partial charge in [0.05, 0.1) is 30.9 Å². The number of esters is 1. The minimum absolute atomic E-state index is 0.185. The number of ether oxygens (including phenoxy) is 2. The standard InChI is InChI=1S/C19H15NO6/c1-24-12-7-8-13-11(9-12)10-16(26-19(13)23)17(21)20-15-6-4-3-5-14(15)18(22)25-2/h3-10H,1-2H3,(H,20,21). The molecule has 0 atom stereocenters.